The van der Waals surface area contributed by atoms with Crippen LogP contribution in [-0.4, -0.2) is 88.4 Å². The summed E-state index contributed by atoms with van der Waals surface area (Å²) in [5, 5.41) is 7.68. The molecule has 1 saturated heterocycles. The minimum atomic E-state index is -1.78. The first kappa shape index (κ1) is 41.9. The van der Waals surface area contributed by atoms with Crippen molar-refractivity contribution in [1.82, 2.24) is 26.1 Å². The molecule has 1 aliphatic rings. The topological polar surface area (TPSA) is 165 Å². The van der Waals surface area contributed by atoms with E-state index < -0.39 is 69.7 Å². The highest BCUT2D eigenvalue weighted by Crippen LogP contribution is 2.27. The fraction of sp³-hybridized carbons (Fsp3) is 0.543. The zero-order chi connectivity index (χ0) is 38.1. The Kier molecular flexibility index (Phi) is 15.1. The number of rotatable bonds is 14. The number of amides is 3. The number of esters is 2. The van der Waals surface area contributed by atoms with Crippen LogP contribution in [0.4, 0.5) is 0 Å². The summed E-state index contributed by atoms with van der Waals surface area (Å²) in [7, 11) is 1.39. The molecular weight excluding hydrogens is 725 g/mol. The predicted octanol–water partition coefficient (Wildman–Crippen LogP) is 4.58. The van der Waals surface area contributed by atoms with E-state index in [0.29, 0.717) is 24.1 Å². The highest BCUT2D eigenvalue weighted by atomic mass is 35.6. The number of aromatic nitrogens is 1. The van der Waals surface area contributed by atoms with Crippen LogP contribution in [0.2, 0.25) is 0 Å². The minimum Gasteiger partial charge on any atom is -0.460 e. The summed E-state index contributed by atoms with van der Waals surface area (Å²) in [6, 6.07) is 6.40. The molecule has 1 aromatic heterocycles. The lowest BCUT2D eigenvalue weighted by Crippen LogP contribution is -2.62. The zero-order valence-corrected chi connectivity index (χ0v) is 32.0. The molecule has 2 heterocycles. The molecule has 4 atom stereocenters. The van der Waals surface area contributed by atoms with Crippen LogP contribution < -0.4 is 16.1 Å². The van der Waals surface area contributed by atoms with E-state index in [9.17, 15) is 24.0 Å². The van der Waals surface area contributed by atoms with E-state index in [0.717, 1.165) is 10.9 Å². The van der Waals surface area contributed by atoms with Crippen molar-refractivity contribution >= 4 is 81.4 Å². The molecule has 0 spiro atoms. The molecule has 3 N–H and O–H groups in total. The maximum Gasteiger partial charge on any atom is 0.325 e. The summed E-state index contributed by atoms with van der Waals surface area (Å²) in [6.45, 7) is 9.73. The third-order valence-electron chi connectivity index (χ3n) is 8.07. The van der Waals surface area contributed by atoms with Crippen LogP contribution in [0, 0.1) is 11.3 Å². The molecule has 0 unspecified atom stereocenters. The van der Waals surface area contributed by atoms with Crippen molar-refractivity contribution in [3.63, 3.8) is 0 Å². The van der Waals surface area contributed by atoms with Gasteiger partial charge >= 0.3 is 11.9 Å². The molecule has 2 aromatic rings. The highest BCUT2D eigenvalue weighted by molar-refractivity contribution is 6.67. The van der Waals surface area contributed by atoms with Crippen LogP contribution >= 0.6 is 34.8 Å². The van der Waals surface area contributed by atoms with Crippen LogP contribution in [-0.2, 0) is 38.2 Å². The van der Waals surface area contributed by atoms with Crippen molar-refractivity contribution in [2.45, 2.75) is 82.4 Å². The first-order valence-corrected chi connectivity index (χ1v) is 17.6. The Morgan fingerprint density at radius 2 is 1.76 bits per heavy atom. The molecule has 0 bridgehead atoms. The normalized spacial score (nSPS) is 17.2. The second-order valence-corrected chi connectivity index (χ2v) is 15.8. The molecule has 0 aliphatic carbocycles. The van der Waals surface area contributed by atoms with E-state index in [1.165, 1.54) is 19.0 Å². The fourth-order valence-corrected chi connectivity index (χ4v) is 5.36. The lowest BCUT2D eigenvalue weighted by Gasteiger charge is -2.35. The maximum absolute atomic E-state index is 13.6. The largest absolute Gasteiger partial charge is 0.460 e. The zero-order valence-electron chi connectivity index (χ0n) is 29.8. The molecule has 1 fully saturated rings. The van der Waals surface area contributed by atoms with Gasteiger partial charge in [0, 0.05) is 26.0 Å². The highest BCUT2D eigenvalue weighted by Gasteiger charge is 2.37. The number of fused-ring (bicyclic) bond motifs is 1. The van der Waals surface area contributed by atoms with Gasteiger partial charge in [-0.1, -0.05) is 79.0 Å². The van der Waals surface area contributed by atoms with Gasteiger partial charge in [0.2, 0.25) is 15.6 Å². The number of hydrogen-bond donors (Lipinski definition) is 3. The average Bonchev–Trinajstić information content (AvgIpc) is 3.06. The summed E-state index contributed by atoms with van der Waals surface area (Å²) < 4.78 is 13.8. The van der Waals surface area contributed by atoms with E-state index in [1.54, 1.807) is 46.8 Å². The Bertz CT molecular complexity index is 1610. The number of halogens is 3. The number of hydrazine groups is 1. The second-order valence-electron chi connectivity index (χ2n) is 13.2. The van der Waals surface area contributed by atoms with Gasteiger partial charge in [-0.15, -0.1) is 0 Å². The summed E-state index contributed by atoms with van der Waals surface area (Å²) in [5.74, 6) is -2.96. The Balaban J connectivity index is 1.69. The van der Waals surface area contributed by atoms with Crippen molar-refractivity contribution < 1.29 is 38.2 Å². The number of nitrogens with one attached hydrogen (secondary N) is 3. The number of nitrogens with zero attached hydrogens (tertiary/aromatic N) is 2. The lowest BCUT2D eigenvalue weighted by atomic mass is 9.89. The summed E-state index contributed by atoms with van der Waals surface area (Å²) >= 11 is 17.0. The molecule has 0 radical (unpaired) electrons. The monoisotopic (exact) mass is 769 g/mol. The number of pyridine rings is 1. The summed E-state index contributed by atoms with van der Waals surface area (Å²) in [5.41, 5.74) is 3.89. The predicted molar refractivity (Wildman–Crippen MR) is 194 cm³/mol. The number of carbonyl (C=O) groups is 5. The van der Waals surface area contributed by atoms with Crippen molar-refractivity contribution in [1.29, 1.82) is 0 Å². The van der Waals surface area contributed by atoms with Gasteiger partial charge in [-0.2, -0.15) is 0 Å². The number of alkyl halides is 3. The number of methoxy groups -OCH3 is 1. The molecule has 16 heteroatoms. The molecule has 13 nitrogen and oxygen atoms in total. The Morgan fingerprint density at radius 1 is 1.08 bits per heavy atom. The van der Waals surface area contributed by atoms with E-state index in [2.05, 4.69) is 21.0 Å². The van der Waals surface area contributed by atoms with Crippen LogP contribution in [0.15, 0.2) is 36.4 Å². The summed E-state index contributed by atoms with van der Waals surface area (Å²) in [6.07, 6.45) is 3.88. The van der Waals surface area contributed by atoms with E-state index in [1.807, 2.05) is 30.3 Å². The average molecular weight is 771 g/mol. The third kappa shape index (κ3) is 12.6. The number of hydrogen-bond acceptors (Lipinski definition) is 10. The number of benzene rings is 1. The Hall–Kier alpha value is -3.49. The van der Waals surface area contributed by atoms with Gasteiger partial charge in [0.15, 0.2) is 0 Å². The van der Waals surface area contributed by atoms with Crippen LogP contribution in [0.1, 0.15) is 71.7 Å². The third-order valence-corrected chi connectivity index (χ3v) is 8.40. The van der Waals surface area contributed by atoms with Gasteiger partial charge in [0.1, 0.15) is 30.8 Å². The maximum atomic E-state index is 13.6. The quantitative estimate of drug-likeness (QED) is 0.183. The minimum absolute atomic E-state index is 0.164. The van der Waals surface area contributed by atoms with Crippen molar-refractivity contribution in [3.8, 4) is 0 Å². The molecule has 1 aromatic carbocycles. The number of ether oxygens (including phenoxy) is 3. The molecular formula is C35H46Cl3N5O8. The van der Waals surface area contributed by atoms with Crippen molar-refractivity contribution in [2.24, 2.45) is 11.3 Å². The van der Waals surface area contributed by atoms with Crippen molar-refractivity contribution in [2.75, 3.05) is 26.9 Å². The molecule has 280 valence electrons. The molecule has 51 heavy (non-hydrogen) atoms. The standard InChI is InChI=1S/C35H46Cl3N5O8/c1-20(2)29(30(45)40-28(18-49-7)31(46)43-16-8-9-26(42-43)32(47)50-19-35(36,37)38)41-33(48)34(5,6)15-14-23-10-11-24-12-13-25(39-27(24)17-23)21(3)51-22(4)44/h10-15,17,20-21,26,28-29,42H,8-9,16,18-19H2,1-7H3,(H,40,45)(H,41,48)/b15-14+/t21-,26+,28+,29+/m1/s1. The van der Waals surface area contributed by atoms with Gasteiger partial charge < -0.3 is 24.8 Å². The Morgan fingerprint density at radius 3 is 2.39 bits per heavy atom. The van der Waals surface area contributed by atoms with Gasteiger partial charge in [-0.3, -0.25) is 29.0 Å². The van der Waals surface area contributed by atoms with E-state index in [4.69, 9.17) is 49.0 Å². The van der Waals surface area contributed by atoms with Gasteiger partial charge in [-0.25, -0.2) is 10.4 Å². The summed E-state index contributed by atoms with van der Waals surface area (Å²) in [4.78, 5) is 69.2. The molecule has 0 saturated carbocycles. The molecule has 1 aliphatic heterocycles. The molecule has 3 rings (SSSR count). The van der Waals surface area contributed by atoms with E-state index >= 15 is 0 Å². The van der Waals surface area contributed by atoms with Gasteiger partial charge in [-0.05, 0) is 57.2 Å². The lowest BCUT2D eigenvalue weighted by molar-refractivity contribution is -0.153. The van der Waals surface area contributed by atoms with E-state index in [-0.39, 0.29) is 19.1 Å². The van der Waals surface area contributed by atoms with Gasteiger partial charge in [0.25, 0.3) is 5.91 Å². The first-order chi connectivity index (χ1) is 23.8. The second kappa shape index (κ2) is 18.3. The van der Waals surface area contributed by atoms with Gasteiger partial charge in [0.05, 0.1) is 23.2 Å². The smallest absolute Gasteiger partial charge is 0.325 e. The SMILES string of the molecule is COC[C@H](NC(=O)[C@@H](NC(=O)C(C)(C)/C=C/c1ccc2ccc([C@@H](C)OC(C)=O)nc2c1)C(C)C)C(=O)N1CCC[C@@H](C(=O)OCC(Cl)(Cl)Cl)N1. The number of carbonyl (C=O) groups excluding carboxylic acids is 5. The Labute approximate surface area is 313 Å². The fourth-order valence-electron chi connectivity index (χ4n) is 5.19. The van der Waals surface area contributed by atoms with Crippen LogP contribution in [0.3, 0.4) is 0 Å². The van der Waals surface area contributed by atoms with Crippen LogP contribution in [0.5, 0.6) is 0 Å². The van der Waals surface area contributed by atoms with Crippen molar-refractivity contribution in [3.05, 3.63) is 47.7 Å². The first-order valence-electron chi connectivity index (χ1n) is 16.5. The molecule has 3 amide bonds. The van der Waals surface area contributed by atoms with Crippen LogP contribution in [0.25, 0.3) is 17.0 Å².